The molecule has 3 rings (SSSR count). The fourth-order valence-electron chi connectivity index (χ4n) is 3.77. The van der Waals surface area contributed by atoms with Crippen LogP contribution in [0.5, 0.6) is 0 Å². The third kappa shape index (κ3) is 2.80. The fourth-order valence-corrected chi connectivity index (χ4v) is 3.77. The Bertz CT molecular complexity index is 474. The Morgan fingerprint density at radius 3 is 2.79 bits per heavy atom. The number of amides is 1. The number of hydrogen-bond donors (Lipinski definition) is 1. The van der Waals surface area contributed by atoms with Crippen LogP contribution in [0.4, 0.5) is 4.39 Å². The molecule has 1 amide bonds. The summed E-state index contributed by atoms with van der Waals surface area (Å²) in [5.41, 5.74) is 0.559. The maximum atomic E-state index is 13.4. The molecule has 3 heteroatoms. The molecular formula is C16H20FNO. The fraction of sp³-hybridized carbons (Fsp3) is 0.562. The van der Waals surface area contributed by atoms with Crippen LogP contribution in [0.2, 0.25) is 0 Å². The second-order valence-corrected chi connectivity index (χ2v) is 6.01. The molecule has 0 radical (unpaired) electrons. The molecular weight excluding hydrogens is 241 g/mol. The van der Waals surface area contributed by atoms with Gasteiger partial charge in [-0.25, -0.2) is 4.39 Å². The van der Waals surface area contributed by atoms with Gasteiger partial charge in [0.15, 0.2) is 0 Å². The molecule has 0 unspecified atom stereocenters. The molecule has 1 N–H and O–H groups in total. The maximum absolute atomic E-state index is 13.4. The van der Waals surface area contributed by atoms with Crippen LogP contribution in [0.15, 0.2) is 24.3 Å². The first-order valence-corrected chi connectivity index (χ1v) is 7.22. The lowest BCUT2D eigenvalue weighted by molar-refractivity contribution is -0.122. The predicted octanol–water partition coefficient (Wildman–Crippen LogP) is 3.27. The Hall–Kier alpha value is -1.38. The van der Waals surface area contributed by atoms with Crippen molar-refractivity contribution in [2.75, 3.05) is 0 Å². The van der Waals surface area contributed by atoms with Crippen LogP contribution in [-0.4, -0.2) is 5.91 Å². The highest BCUT2D eigenvalue weighted by atomic mass is 19.1. The molecule has 0 spiro atoms. The van der Waals surface area contributed by atoms with Gasteiger partial charge >= 0.3 is 0 Å². The van der Waals surface area contributed by atoms with Crippen molar-refractivity contribution in [2.45, 2.75) is 38.6 Å². The second-order valence-electron chi connectivity index (χ2n) is 6.01. The van der Waals surface area contributed by atoms with Gasteiger partial charge in [0.1, 0.15) is 5.82 Å². The van der Waals surface area contributed by atoms with Gasteiger partial charge in [-0.05, 0) is 43.1 Å². The van der Waals surface area contributed by atoms with E-state index in [-0.39, 0.29) is 11.7 Å². The first-order chi connectivity index (χ1) is 9.22. The Kier molecular flexibility index (Phi) is 3.54. The summed E-state index contributed by atoms with van der Waals surface area (Å²) in [4.78, 5) is 11.9. The molecule has 3 atom stereocenters. The highest BCUT2D eigenvalue weighted by molar-refractivity contribution is 5.76. The lowest BCUT2D eigenvalue weighted by Crippen LogP contribution is -2.27. The summed E-state index contributed by atoms with van der Waals surface area (Å²) in [5, 5.41) is 2.85. The van der Waals surface area contributed by atoms with E-state index in [1.807, 2.05) is 0 Å². The van der Waals surface area contributed by atoms with E-state index >= 15 is 0 Å². The zero-order valence-electron chi connectivity index (χ0n) is 11.1. The number of rotatable bonds is 4. The van der Waals surface area contributed by atoms with Gasteiger partial charge < -0.3 is 5.32 Å². The van der Waals surface area contributed by atoms with Gasteiger partial charge in [0.25, 0.3) is 0 Å². The van der Waals surface area contributed by atoms with Crippen LogP contribution in [0.25, 0.3) is 0 Å². The average molecular weight is 261 g/mol. The Balaban J connectivity index is 1.48. The molecule has 2 aliphatic rings. The van der Waals surface area contributed by atoms with Crippen LogP contribution in [0.3, 0.4) is 0 Å². The smallest absolute Gasteiger partial charge is 0.220 e. The molecule has 0 aromatic heterocycles. The summed E-state index contributed by atoms with van der Waals surface area (Å²) < 4.78 is 13.4. The van der Waals surface area contributed by atoms with Gasteiger partial charge in [-0.1, -0.05) is 24.6 Å². The van der Waals surface area contributed by atoms with Gasteiger partial charge in [-0.3, -0.25) is 4.79 Å². The number of nitrogens with one attached hydrogen (secondary N) is 1. The Morgan fingerprint density at radius 2 is 2.11 bits per heavy atom. The van der Waals surface area contributed by atoms with Crippen LogP contribution < -0.4 is 5.32 Å². The van der Waals surface area contributed by atoms with Gasteiger partial charge in [0.2, 0.25) is 5.91 Å². The minimum Gasteiger partial charge on any atom is -0.352 e. The van der Waals surface area contributed by atoms with Crippen LogP contribution in [0, 0.1) is 23.6 Å². The highest BCUT2D eigenvalue weighted by Crippen LogP contribution is 2.49. The number of hydrogen-bond acceptors (Lipinski definition) is 1. The van der Waals surface area contributed by atoms with E-state index in [1.54, 1.807) is 18.2 Å². The predicted molar refractivity (Wildman–Crippen MR) is 71.8 cm³/mol. The summed E-state index contributed by atoms with van der Waals surface area (Å²) >= 11 is 0. The van der Waals surface area contributed by atoms with Crippen LogP contribution in [-0.2, 0) is 11.3 Å². The van der Waals surface area contributed by atoms with Gasteiger partial charge in [0.05, 0.1) is 0 Å². The topological polar surface area (TPSA) is 29.1 Å². The van der Waals surface area contributed by atoms with Gasteiger partial charge in [-0.15, -0.1) is 0 Å². The van der Waals surface area contributed by atoms with E-state index in [0.717, 1.165) is 11.8 Å². The molecule has 1 aromatic carbocycles. The van der Waals surface area contributed by atoms with Crippen molar-refractivity contribution >= 4 is 5.91 Å². The Labute approximate surface area is 113 Å². The third-order valence-corrected chi connectivity index (χ3v) is 4.77. The minimum atomic E-state index is -0.247. The molecule has 102 valence electrons. The molecule has 2 aliphatic carbocycles. The minimum absolute atomic E-state index is 0.0702. The van der Waals surface area contributed by atoms with E-state index in [9.17, 15) is 9.18 Å². The third-order valence-electron chi connectivity index (χ3n) is 4.77. The zero-order valence-corrected chi connectivity index (χ0v) is 11.1. The first kappa shape index (κ1) is 12.6. The van der Waals surface area contributed by atoms with Crippen molar-refractivity contribution in [1.29, 1.82) is 0 Å². The summed E-state index contributed by atoms with van der Waals surface area (Å²) in [6, 6.07) is 6.60. The van der Waals surface area contributed by atoms with Crippen molar-refractivity contribution in [3.8, 4) is 0 Å². The molecule has 2 bridgehead atoms. The Morgan fingerprint density at radius 1 is 1.26 bits per heavy atom. The average Bonchev–Trinajstić information content (AvgIpc) is 3.00. The first-order valence-electron chi connectivity index (χ1n) is 7.22. The second kappa shape index (κ2) is 5.32. The number of benzene rings is 1. The molecule has 19 heavy (non-hydrogen) atoms. The number of halogens is 1. The summed E-state index contributed by atoms with van der Waals surface area (Å²) in [7, 11) is 0. The summed E-state index contributed by atoms with van der Waals surface area (Å²) in [6.07, 6.45) is 5.83. The van der Waals surface area contributed by atoms with Gasteiger partial charge in [0, 0.05) is 18.5 Å². The van der Waals surface area contributed by atoms with Crippen molar-refractivity contribution in [1.82, 2.24) is 5.32 Å². The molecule has 0 aliphatic heterocycles. The summed E-state index contributed by atoms with van der Waals surface area (Å²) in [5.74, 6) is 2.03. The largest absolute Gasteiger partial charge is 0.352 e. The molecule has 2 saturated carbocycles. The van der Waals surface area contributed by atoms with Crippen LogP contribution in [0.1, 0.15) is 37.7 Å². The summed E-state index contributed by atoms with van der Waals surface area (Å²) in [6.45, 7) is 0.298. The van der Waals surface area contributed by atoms with E-state index in [1.165, 1.54) is 31.7 Å². The molecule has 2 nitrogen and oxygen atoms in total. The van der Waals surface area contributed by atoms with E-state index in [2.05, 4.69) is 5.32 Å². The lowest BCUT2D eigenvalue weighted by Gasteiger charge is -2.20. The van der Waals surface area contributed by atoms with E-state index in [0.29, 0.717) is 24.4 Å². The number of fused-ring (bicyclic) bond motifs is 2. The highest BCUT2D eigenvalue weighted by Gasteiger charge is 2.39. The monoisotopic (exact) mass is 261 g/mol. The normalized spacial score (nSPS) is 28.6. The molecule has 1 aromatic rings. The van der Waals surface area contributed by atoms with E-state index < -0.39 is 0 Å². The standard InChI is InChI=1S/C16H20FNO/c17-15-4-2-1-3-13(15)10-18-16(19)9-14-8-11-5-6-12(14)7-11/h1-4,11-12,14H,5-10H2,(H,18,19)/t11-,12-,14-/m1/s1. The van der Waals surface area contributed by atoms with Crippen molar-refractivity contribution in [3.05, 3.63) is 35.6 Å². The molecule has 2 fully saturated rings. The number of carbonyl (C=O) groups excluding carboxylic acids is 1. The zero-order chi connectivity index (χ0) is 13.2. The number of carbonyl (C=O) groups is 1. The van der Waals surface area contributed by atoms with Crippen molar-refractivity contribution in [3.63, 3.8) is 0 Å². The van der Waals surface area contributed by atoms with Gasteiger partial charge in [-0.2, -0.15) is 0 Å². The lowest BCUT2D eigenvalue weighted by atomic mass is 9.86. The van der Waals surface area contributed by atoms with Crippen molar-refractivity contribution < 1.29 is 9.18 Å². The maximum Gasteiger partial charge on any atom is 0.220 e. The molecule has 0 saturated heterocycles. The van der Waals surface area contributed by atoms with E-state index in [4.69, 9.17) is 0 Å². The quantitative estimate of drug-likeness (QED) is 0.885. The van der Waals surface area contributed by atoms with Crippen LogP contribution >= 0.6 is 0 Å². The molecule has 0 heterocycles. The SMILES string of the molecule is O=C(C[C@H]1C[C@@H]2CC[C@@H]1C2)NCc1ccccc1F. The van der Waals surface area contributed by atoms with Crippen molar-refractivity contribution in [2.24, 2.45) is 17.8 Å².